The molecular formula is C19H20F2N6O. The molecule has 0 bridgehead atoms. The van der Waals surface area contributed by atoms with E-state index in [0.717, 1.165) is 12.1 Å². The number of amides is 1. The molecular weight excluding hydrogens is 366 g/mol. The summed E-state index contributed by atoms with van der Waals surface area (Å²) in [4.78, 5) is 20.9. The van der Waals surface area contributed by atoms with Gasteiger partial charge in [-0.3, -0.25) is 15.1 Å². The van der Waals surface area contributed by atoms with Crippen LogP contribution in [0.15, 0.2) is 47.7 Å². The zero-order valence-electron chi connectivity index (χ0n) is 15.6. The SMILES string of the molecule is CC(C)C(C)(/N=C(/NC#N)Nc1cccnc1)NC(=O)c1cc(F)cc(F)c1. The maximum atomic E-state index is 13.4. The third kappa shape index (κ3) is 5.48. The minimum absolute atomic E-state index is 0.0809. The fourth-order valence-corrected chi connectivity index (χ4v) is 2.23. The van der Waals surface area contributed by atoms with Crippen molar-refractivity contribution in [2.24, 2.45) is 10.9 Å². The summed E-state index contributed by atoms with van der Waals surface area (Å²) in [6.07, 6.45) is 4.90. The van der Waals surface area contributed by atoms with Crippen molar-refractivity contribution >= 4 is 17.6 Å². The van der Waals surface area contributed by atoms with E-state index in [4.69, 9.17) is 5.26 Å². The van der Waals surface area contributed by atoms with E-state index in [2.05, 4.69) is 25.9 Å². The second-order valence-electron chi connectivity index (χ2n) is 6.48. The summed E-state index contributed by atoms with van der Waals surface area (Å²) in [6.45, 7) is 5.25. The Morgan fingerprint density at radius 1 is 1.29 bits per heavy atom. The molecule has 1 aromatic carbocycles. The highest BCUT2D eigenvalue weighted by atomic mass is 19.1. The summed E-state index contributed by atoms with van der Waals surface area (Å²) >= 11 is 0. The predicted octanol–water partition coefficient (Wildman–Crippen LogP) is 3.00. The van der Waals surface area contributed by atoms with Crippen molar-refractivity contribution in [1.29, 1.82) is 5.26 Å². The molecule has 9 heteroatoms. The van der Waals surface area contributed by atoms with Gasteiger partial charge < -0.3 is 10.6 Å². The Morgan fingerprint density at radius 2 is 1.96 bits per heavy atom. The molecule has 1 amide bonds. The number of pyridine rings is 1. The summed E-state index contributed by atoms with van der Waals surface area (Å²) < 4.78 is 26.8. The quantitative estimate of drug-likeness (QED) is 0.317. The molecule has 1 atom stereocenters. The number of carbonyl (C=O) groups excluding carboxylic acids is 1. The van der Waals surface area contributed by atoms with Crippen molar-refractivity contribution < 1.29 is 13.6 Å². The fourth-order valence-electron chi connectivity index (χ4n) is 2.23. The molecule has 0 spiro atoms. The number of aliphatic imine (C=N–C) groups is 1. The maximum Gasteiger partial charge on any atom is 0.253 e. The number of nitriles is 1. The molecule has 3 N–H and O–H groups in total. The second kappa shape index (κ2) is 8.90. The van der Waals surface area contributed by atoms with Gasteiger partial charge in [-0.15, -0.1) is 0 Å². The number of benzene rings is 1. The number of anilines is 1. The van der Waals surface area contributed by atoms with E-state index in [9.17, 15) is 13.6 Å². The number of halogens is 2. The van der Waals surface area contributed by atoms with Gasteiger partial charge in [0.15, 0.2) is 6.19 Å². The molecule has 0 fully saturated rings. The Balaban J connectivity index is 2.32. The molecule has 28 heavy (non-hydrogen) atoms. The minimum atomic E-state index is -1.19. The summed E-state index contributed by atoms with van der Waals surface area (Å²) in [5.74, 6) is -2.55. The van der Waals surface area contributed by atoms with Crippen LogP contribution in [-0.4, -0.2) is 22.5 Å². The van der Waals surface area contributed by atoms with E-state index < -0.39 is 23.2 Å². The van der Waals surface area contributed by atoms with Gasteiger partial charge in [0.25, 0.3) is 5.91 Å². The normalized spacial score (nSPS) is 13.4. The molecule has 1 heterocycles. The minimum Gasteiger partial charge on any atom is -0.328 e. The molecule has 146 valence electrons. The van der Waals surface area contributed by atoms with Gasteiger partial charge >= 0.3 is 0 Å². The molecule has 0 aliphatic carbocycles. The number of nitrogens with one attached hydrogen (secondary N) is 3. The molecule has 1 aromatic heterocycles. The Morgan fingerprint density at radius 3 is 2.50 bits per heavy atom. The largest absolute Gasteiger partial charge is 0.328 e. The van der Waals surface area contributed by atoms with Crippen LogP contribution >= 0.6 is 0 Å². The molecule has 0 saturated carbocycles. The topological polar surface area (TPSA) is 102 Å². The molecule has 0 saturated heterocycles. The first-order chi connectivity index (χ1) is 13.2. The van der Waals surface area contributed by atoms with Crippen LogP contribution < -0.4 is 16.0 Å². The first kappa shape index (κ1) is 20.8. The molecule has 7 nitrogen and oxygen atoms in total. The third-order valence-electron chi connectivity index (χ3n) is 4.06. The number of hydrogen-bond acceptors (Lipinski definition) is 4. The van der Waals surface area contributed by atoms with Gasteiger partial charge in [0.05, 0.1) is 11.9 Å². The lowest BCUT2D eigenvalue weighted by Gasteiger charge is -2.31. The van der Waals surface area contributed by atoms with Crippen molar-refractivity contribution in [3.8, 4) is 6.19 Å². The van der Waals surface area contributed by atoms with Crippen molar-refractivity contribution in [2.45, 2.75) is 26.4 Å². The summed E-state index contributed by atoms with van der Waals surface area (Å²) in [5, 5.41) is 17.0. The summed E-state index contributed by atoms with van der Waals surface area (Å²) in [7, 11) is 0. The van der Waals surface area contributed by atoms with Gasteiger partial charge in [-0.25, -0.2) is 13.8 Å². The van der Waals surface area contributed by atoms with E-state index in [1.165, 1.54) is 6.20 Å². The predicted molar refractivity (Wildman–Crippen MR) is 101 cm³/mol. The molecule has 2 rings (SSSR count). The lowest BCUT2D eigenvalue weighted by atomic mass is 9.98. The van der Waals surface area contributed by atoms with Crippen LogP contribution in [0.4, 0.5) is 14.5 Å². The fraction of sp³-hybridized carbons (Fsp3) is 0.263. The lowest BCUT2D eigenvalue weighted by Crippen LogP contribution is -2.50. The van der Waals surface area contributed by atoms with Gasteiger partial charge in [-0.2, -0.15) is 5.26 Å². The monoisotopic (exact) mass is 386 g/mol. The van der Waals surface area contributed by atoms with E-state index in [1.54, 1.807) is 31.4 Å². The average molecular weight is 386 g/mol. The molecule has 2 aromatic rings. The van der Waals surface area contributed by atoms with Gasteiger partial charge in [0.2, 0.25) is 5.96 Å². The van der Waals surface area contributed by atoms with Crippen LogP contribution in [0.25, 0.3) is 0 Å². The summed E-state index contributed by atoms with van der Waals surface area (Å²) in [6, 6.07) is 5.98. The van der Waals surface area contributed by atoms with Crippen LogP contribution in [0, 0.1) is 29.0 Å². The second-order valence-corrected chi connectivity index (χ2v) is 6.48. The molecule has 0 aliphatic heterocycles. The third-order valence-corrected chi connectivity index (χ3v) is 4.06. The van der Waals surface area contributed by atoms with Crippen molar-refractivity contribution in [1.82, 2.24) is 15.6 Å². The average Bonchev–Trinajstić information content (AvgIpc) is 2.61. The lowest BCUT2D eigenvalue weighted by molar-refractivity contribution is 0.0883. The van der Waals surface area contributed by atoms with Crippen LogP contribution in [0.1, 0.15) is 31.1 Å². The maximum absolute atomic E-state index is 13.4. The highest BCUT2D eigenvalue weighted by molar-refractivity contribution is 5.96. The smallest absolute Gasteiger partial charge is 0.253 e. The number of carbonyl (C=O) groups is 1. The Labute approximate surface area is 161 Å². The Hall–Kier alpha value is -3.54. The Bertz CT molecular complexity index is 890. The van der Waals surface area contributed by atoms with Gasteiger partial charge in [-0.05, 0) is 37.1 Å². The number of aromatic nitrogens is 1. The molecule has 1 unspecified atom stereocenters. The molecule has 0 aliphatic rings. The standard InChI is InChI=1S/C19H20F2N6O/c1-12(2)19(3,26-17(28)13-7-14(20)9-15(21)8-13)27-18(24-11-22)25-16-5-4-6-23-10-16/h4-10,12H,1-3H3,(H,26,28)(H2,24,25,27). The number of nitrogens with zero attached hydrogens (tertiary/aromatic N) is 3. The van der Waals surface area contributed by atoms with Crippen molar-refractivity contribution in [3.05, 3.63) is 59.9 Å². The van der Waals surface area contributed by atoms with Crippen LogP contribution in [0.2, 0.25) is 0 Å². The van der Waals surface area contributed by atoms with Crippen molar-refractivity contribution in [3.63, 3.8) is 0 Å². The van der Waals surface area contributed by atoms with E-state index in [-0.39, 0.29) is 17.4 Å². The highest BCUT2D eigenvalue weighted by Gasteiger charge is 2.31. The van der Waals surface area contributed by atoms with E-state index >= 15 is 0 Å². The number of guanidine groups is 1. The van der Waals surface area contributed by atoms with Crippen LogP contribution in [0.5, 0.6) is 0 Å². The number of rotatable bonds is 5. The summed E-state index contributed by atoms with van der Waals surface area (Å²) in [5.41, 5.74) is -0.780. The van der Waals surface area contributed by atoms with Gasteiger partial charge in [0, 0.05) is 17.8 Å². The van der Waals surface area contributed by atoms with Gasteiger partial charge in [-0.1, -0.05) is 13.8 Å². The van der Waals surface area contributed by atoms with Crippen LogP contribution in [-0.2, 0) is 0 Å². The Kier molecular flexibility index (Phi) is 6.60. The highest BCUT2D eigenvalue weighted by Crippen LogP contribution is 2.20. The first-order valence-corrected chi connectivity index (χ1v) is 8.44. The van der Waals surface area contributed by atoms with Crippen LogP contribution in [0.3, 0.4) is 0 Å². The van der Waals surface area contributed by atoms with Crippen molar-refractivity contribution in [2.75, 3.05) is 5.32 Å². The van der Waals surface area contributed by atoms with E-state index in [1.807, 2.05) is 13.8 Å². The number of hydrogen-bond donors (Lipinski definition) is 3. The molecule has 0 radical (unpaired) electrons. The van der Waals surface area contributed by atoms with Gasteiger partial charge in [0.1, 0.15) is 17.3 Å². The zero-order chi connectivity index (χ0) is 20.7. The van der Waals surface area contributed by atoms with E-state index in [0.29, 0.717) is 11.8 Å². The zero-order valence-corrected chi connectivity index (χ0v) is 15.6. The first-order valence-electron chi connectivity index (χ1n) is 8.44.